The van der Waals surface area contributed by atoms with E-state index in [4.69, 9.17) is 4.74 Å². The van der Waals surface area contributed by atoms with Crippen molar-refractivity contribution in [2.45, 2.75) is 39.0 Å². The van der Waals surface area contributed by atoms with E-state index in [9.17, 15) is 23.1 Å². The number of aliphatic hydroxyl groups is 1. The molecule has 43 heavy (non-hydrogen) atoms. The maximum absolute atomic E-state index is 13.5. The van der Waals surface area contributed by atoms with Crippen molar-refractivity contribution in [1.82, 2.24) is 15.0 Å². The number of aromatic nitrogens is 3. The van der Waals surface area contributed by atoms with Crippen molar-refractivity contribution in [1.29, 1.82) is 0 Å². The highest BCUT2D eigenvalue weighted by atomic mass is 32.2. The second-order valence-corrected chi connectivity index (χ2v) is 13.0. The van der Waals surface area contributed by atoms with Crippen LogP contribution in [-0.2, 0) is 15.4 Å². The maximum atomic E-state index is 13.5. The van der Waals surface area contributed by atoms with E-state index in [1.165, 1.54) is 18.0 Å². The molecule has 12 heteroatoms. The SMILES string of the molecule is COc1c(NC(=O)c2ccc(C)c(-n3cc(C(=O)C(CO)c4ccccc4)nn3)c2)cc(C(C)(C)C)cc1NS(C)(=O)=O. The van der Waals surface area contributed by atoms with E-state index >= 15 is 0 Å². The normalized spacial score (nSPS) is 12.4. The minimum Gasteiger partial charge on any atom is -0.492 e. The van der Waals surface area contributed by atoms with Gasteiger partial charge in [-0.25, -0.2) is 13.1 Å². The van der Waals surface area contributed by atoms with E-state index in [2.05, 4.69) is 20.4 Å². The van der Waals surface area contributed by atoms with Gasteiger partial charge in [-0.3, -0.25) is 14.3 Å². The molecule has 0 radical (unpaired) electrons. The van der Waals surface area contributed by atoms with Gasteiger partial charge in [0.05, 0.1) is 49.1 Å². The molecular weight excluding hydrogens is 570 g/mol. The number of benzene rings is 3. The molecule has 1 heterocycles. The van der Waals surface area contributed by atoms with Gasteiger partial charge >= 0.3 is 0 Å². The first-order valence-corrected chi connectivity index (χ1v) is 15.4. The first kappa shape index (κ1) is 31.4. The van der Waals surface area contributed by atoms with E-state index in [0.29, 0.717) is 11.3 Å². The quantitative estimate of drug-likeness (QED) is 0.224. The number of Topliss-reactive ketones (excluding diaryl/α,β-unsaturated/α-hetero) is 1. The molecule has 0 saturated heterocycles. The van der Waals surface area contributed by atoms with Crippen LogP contribution in [0.1, 0.15) is 64.2 Å². The van der Waals surface area contributed by atoms with Crippen molar-refractivity contribution < 1.29 is 27.9 Å². The Bertz CT molecular complexity index is 1760. The molecule has 1 atom stereocenters. The molecule has 3 aromatic carbocycles. The zero-order valence-corrected chi connectivity index (χ0v) is 25.7. The van der Waals surface area contributed by atoms with Crippen molar-refractivity contribution in [2.24, 2.45) is 0 Å². The predicted octanol–water partition coefficient (Wildman–Crippen LogP) is 4.46. The number of carbonyl (C=O) groups is 2. The number of nitrogens with zero attached hydrogens (tertiary/aromatic N) is 3. The Morgan fingerprint density at radius 2 is 1.72 bits per heavy atom. The van der Waals surface area contributed by atoms with E-state index < -0.39 is 21.8 Å². The van der Waals surface area contributed by atoms with Crippen LogP contribution in [0.2, 0.25) is 0 Å². The van der Waals surface area contributed by atoms with Crippen LogP contribution < -0.4 is 14.8 Å². The van der Waals surface area contributed by atoms with Crippen molar-refractivity contribution in [3.63, 3.8) is 0 Å². The second kappa shape index (κ2) is 12.4. The summed E-state index contributed by atoms with van der Waals surface area (Å²) in [5, 5.41) is 20.9. The van der Waals surface area contributed by atoms with Crippen molar-refractivity contribution in [3.05, 3.63) is 94.8 Å². The average molecular weight is 606 g/mol. The molecule has 4 aromatic rings. The Kier molecular flexibility index (Phi) is 9.02. The number of hydrogen-bond acceptors (Lipinski definition) is 8. The lowest BCUT2D eigenvalue weighted by Crippen LogP contribution is -2.18. The molecule has 0 aliphatic rings. The molecule has 3 N–H and O–H groups in total. The van der Waals surface area contributed by atoms with Gasteiger partial charge in [0.2, 0.25) is 10.0 Å². The molecule has 0 fully saturated rings. The molecule has 11 nitrogen and oxygen atoms in total. The Morgan fingerprint density at radius 3 is 2.33 bits per heavy atom. The summed E-state index contributed by atoms with van der Waals surface area (Å²) in [4.78, 5) is 26.7. The van der Waals surface area contributed by atoms with Crippen molar-refractivity contribution in [2.75, 3.05) is 30.0 Å². The number of sulfonamides is 1. The Balaban J connectivity index is 1.66. The Hall–Kier alpha value is -4.55. The fourth-order valence-corrected chi connectivity index (χ4v) is 5.09. The number of aliphatic hydroxyl groups excluding tert-OH is 1. The summed E-state index contributed by atoms with van der Waals surface area (Å²) >= 11 is 0. The van der Waals surface area contributed by atoms with Crippen LogP contribution in [0.25, 0.3) is 5.69 Å². The summed E-state index contributed by atoms with van der Waals surface area (Å²) in [5.41, 5.74) is 3.22. The molecule has 0 saturated carbocycles. The topological polar surface area (TPSA) is 153 Å². The maximum Gasteiger partial charge on any atom is 0.255 e. The van der Waals surface area contributed by atoms with Gasteiger partial charge in [-0.2, -0.15) is 0 Å². The number of ketones is 1. The number of rotatable bonds is 10. The van der Waals surface area contributed by atoms with Crippen molar-refractivity contribution >= 4 is 33.1 Å². The van der Waals surface area contributed by atoms with Gasteiger partial charge in [-0.15, -0.1) is 5.10 Å². The number of ether oxygens (including phenoxy) is 1. The summed E-state index contributed by atoms with van der Waals surface area (Å²) in [5.74, 6) is -1.48. The van der Waals surface area contributed by atoms with Crippen LogP contribution >= 0.6 is 0 Å². The van der Waals surface area contributed by atoms with Gasteiger partial charge in [0, 0.05) is 5.56 Å². The van der Waals surface area contributed by atoms with Crippen LogP contribution in [0.15, 0.2) is 66.9 Å². The molecule has 0 aliphatic heterocycles. The number of anilines is 2. The van der Waals surface area contributed by atoms with Gasteiger partial charge in [0.1, 0.15) is 5.69 Å². The zero-order valence-electron chi connectivity index (χ0n) is 24.9. The Labute approximate surface area is 251 Å². The third-order valence-corrected chi connectivity index (χ3v) is 7.46. The van der Waals surface area contributed by atoms with Crippen LogP contribution in [-0.4, -0.2) is 60.2 Å². The minimum atomic E-state index is -3.63. The number of amides is 1. The molecule has 226 valence electrons. The highest BCUT2D eigenvalue weighted by Gasteiger charge is 2.25. The number of carbonyl (C=O) groups excluding carboxylic acids is 2. The second-order valence-electron chi connectivity index (χ2n) is 11.2. The molecule has 1 amide bonds. The first-order valence-electron chi connectivity index (χ1n) is 13.5. The summed E-state index contributed by atoms with van der Waals surface area (Å²) in [6.07, 6.45) is 2.51. The first-order chi connectivity index (χ1) is 20.2. The number of methoxy groups -OCH3 is 1. The largest absolute Gasteiger partial charge is 0.492 e. The van der Waals surface area contributed by atoms with Gasteiger partial charge in [-0.05, 0) is 53.3 Å². The highest BCUT2D eigenvalue weighted by Crippen LogP contribution is 2.39. The summed E-state index contributed by atoms with van der Waals surface area (Å²) in [7, 11) is -2.24. The smallest absolute Gasteiger partial charge is 0.255 e. The van der Waals surface area contributed by atoms with Gasteiger partial charge in [0.25, 0.3) is 5.91 Å². The lowest BCUT2D eigenvalue weighted by Gasteiger charge is -2.24. The van der Waals surface area contributed by atoms with E-state index in [0.717, 1.165) is 17.4 Å². The van der Waals surface area contributed by atoms with E-state index in [-0.39, 0.29) is 46.2 Å². The fourth-order valence-electron chi connectivity index (χ4n) is 4.54. The Morgan fingerprint density at radius 1 is 1.05 bits per heavy atom. The molecular formula is C31H35N5O6S. The molecule has 0 bridgehead atoms. The molecule has 1 unspecified atom stereocenters. The van der Waals surface area contributed by atoms with Crippen LogP contribution in [0.5, 0.6) is 5.75 Å². The third kappa shape index (κ3) is 7.27. The third-order valence-electron chi connectivity index (χ3n) is 6.87. The fraction of sp³-hybridized carbons (Fsp3) is 0.290. The summed E-state index contributed by atoms with van der Waals surface area (Å²) in [6.45, 7) is 7.36. The molecule has 0 spiro atoms. The highest BCUT2D eigenvalue weighted by molar-refractivity contribution is 7.92. The van der Waals surface area contributed by atoms with Gasteiger partial charge in [0.15, 0.2) is 11.5 Å². The molecule has 4 rings (SSSR count). The van der Waals surface area contributed by atoms with Crippen LogP contribution in [0.4, 0.5) is 11.4 Å². The molecule has 1 aromatic heterocycles. The standard InChI is InChI=1S/C31H35N5O6S/c1-19-12-13-21(14-27(19)36-17-26(33-35-36)28(38)23(18-37)20-10-8-7-9-11-20)30(39)32-24-15-22(31(2,3)4)16-25(29(24)42-5)34-43(6,40)41/h7-17,23,34,37H,18H2,1-6H3,(H,32,39). The summed E-state index contributed by atoms with van der Waals surface area (Å²) in [6, 6.07) is 17.4. The summed E-state index contributed by atoms with van der Waals surface area (Å²) < 4.78 is 33.5. The predicted molar refractivity (Wildman–Crippen MR) is 165 cm³/mol. The van der Waals surface area contributed by atoms with Crippen LogP contribution in [0.3, 0.4) is 0 Å². The van der Waals surface area contributed by atoms with E-state index in [1.807, 2.05) is 33.8 Å². The average Bonchev–Trinajstić information content (AvgIpc) is 3.43. The van der Waals surface area contributed by atoms with E-state index in [1.54, 1.807) is 54.6 Å². The lowest BCUT2D eigenvalue weighted by atomic mass is 9.86. The number of aryl methyl sites for hydroxylation is 1. The monoisotopic (exact) mass is 605 g/mol. The van der Waals surface area contributed by atoms with Gasteiger partial charge < -0.3 is 15.2 Å². The minimum absolute atomic E-state index is 0.0757. The van der Waals surface area contributed by atoms with Gasteiger partial charge in [-0.1, -0.05) is 62.4 Å². The number of nitrogens with one attached hydrogen (secondary N) is 2. The zero-order chi connectivity index (χ0) is 31.5. The van der Waals surface area contributed by atoms with Crippen LogP contribution in [0, 0.1) is 6.92 Å². The van der Waals surface area contributed by atoms with Crippen molar-refractivity contribution in [3.8, 4) is 11.4 Å². The number of hydrogen-bond donors (Lipinski definition) is 3. The lowest BCUT2D eigenvalue weighted by molar-refractivity contribution is 0.0916. The molecule has 0 aliphatic carbocycles.